The molecule has 1 aliphatic heterocycles. The Morgan fingerprint density at radius 2 is 0.931 bits per heavy atom. The molecule has 3 aromatic carbocycles. The van der Waals surface area contributed by atoms with E-state index in [1.54, 1.807) is 0 Å². The molecule has 1 saturated carbocycles. The molecule has 5 rings (SSSR count). The third-order valence-corrected chi connectivity index (χ3v) is 6.52. The number of benzene rings is 3. The monoisotopic (exact) mass is 381 g/mol. The van der Waals surface area contributed by atoms with E-state index in [-0.39, 0.29) is 35.5 Å². The molecule has 3 aromatic rings. The minimum Gasteiger partial charge on any atom is -0.274 e. The SMILES string of the molecule is O=C1[C@H]2[C@H](C(=O)N1c1ccccc1)[C@@H](c1ccccc1)CC[C@@H]2c1ccccc1. The van der Waals surface area contributed by atoms with Gasteiger partial charge in [-0.2, -0.15) is 0 Å². The molecule has 1 saturated heterocycles. The van der Waals surface area contributed by atoms with Crippen molar-refractivity contribution in [2.75, 3.05) is 4.90 Å². The zero-order valence-electron chi connectivity index (χ0n) is 16.1. The number of carbonyl (C=O) groups is 2. The van der Waals surface area contributed by atoms with Crippen LogP contribution in [0.3, 0.4) is 0 Å². The lowest BCUT2D eigenvalue weighted by atomic mass is 9.64. The van der Waals surface area contributed by atoms with Crippen molar-refractivity contribution in [2.24, 2.45) is 11.8 Å². The molecule has 0 aromatic heterocycles. The number of hydrogen-bond acceptors (Lipinski definition) is 2. The van der Waals surface area contributed by atoms with Crippen molar-refractivity contribution < 1.29 is 9.59 Å². The van der Waals surface area contributed by atoms with Gasteiger partial charge in [0.2, 0.25) is 11.8 Å². The fourth-order valence-electron chi connectivity index (χ4n) is 5.26. The number of rotatable bonds is 3. The van der Waals surface area contributed by atoms with E-state index in [4.69, 9.17) is 0 Å². The Hall–Kier alpha value is -3.20. The average Bonchev–Trinajstić information content (AvgIpc) is 3.06. The van der Waals surface area contributed by atoms with Crippen LogP contribution in [0, 0.1) is 11.8 Å². The molecular formula is C26H23NO2. The minimum atomic E-state index is -0.316. The van der Waals surface area contributed by atoms with Crippen LogP contribution in [-0.4, -0.2) is 11.8 Å². The van der Waals surface area contributed by atoms with Gasteiger partial charge in [-0.15, -0.1) is 0 Å². The molecule has 29 heavy (non-hydrogen) atoms. The Kier molecular flexibility index (Phi) is 4.51. The first-order valence-electron chi connectivity index (χ1n) is 10.3. The lowest BCUT2D eigenvalue weighted by Crippen LogP contribution is -2.34. The molecule has 0 radical (unpaired) electrons. The van der Waals surface area contributed by atoms with E-state index in [0.717, 1.165) is 24.0 Å². The highest BCUT2D eigenvalue weighted by Gasteiger charge is 2.56. The number of para-hydroxylation sites is 1. The summed E-state index contributed by atoms with van der Waals surface area (Å²) in [7, 11) is 0. The van der Waals surface area contributed by atoms with Gasteiger partial charge in [-0.1, -0.05) is 78.9 Å². The van der Waals surface area contributed by atoms with Crippen LogP contribution < -0.4 is 4.90 Å². The van der Waals surface area contributed by atoms with Crippen LogP contribution >= 0.6 is 0 Å². The molecule has 4 atom stereocenters. The van der Waals surface area contributed by atoms with E-state index >= 15 is 0 Å². The number of nitrogens with zero attached hydrogens (tertiary/aromatic N) is 1. The van der Waals surface area contributed by atoms with Crippen LogP contribution in [0.4, 0.5) is 5.69 Å². The molecule has 3 heteroatoms. The van der Waals surface area contributed by atoms with Crippen molar-refractivity contribution in [2.45, 2.75) is 24.7 Å². The number of hydrogen-bond donors (Lipinski definition) is 0. The van der Waals surface area contributed by atoms with Gasteiger partial charge < -0.3 is 0 Å². The van der Waals surface area contributed by atoms with E-state index in [9.17, 15) is 9.59 Å². The zero-order valence-corrected chi connectivity index (χ0v) is 16.1. The van der Waals surface area contributed by atoms with E-state index in [0.29, 0.717) is 5.69 Å². The number of anilines is 1. The van der Waals surface area contributed by atoms with Crippen molar-refractivity contribution in [3.8, 4) is 0 Å². The van der Waals surface area contributed by atoms with E-state index in [1.807, 2.05) is 66.7 Å². The molecule has 0 unspecified atom stereocenters. The van der Waals surface area contributed by atoms with Crippen LogP contribution in [-0.2, 0) is 9.59 Å². The number of fused-ring (bicyclic) bond motifs is 1. The van der Waals surface area contributed by atoms with Crippen molar-refractivity contribution in [3.05, 3.63) is 102 Å². The summed E-state index contributed by atoms with van der Waals surface area (Å²) in [6.45, 7) is 0. The highest BCUT2D eigenvalue weighted by atomic mass is 16.2. The van der Waals surface area contributed by atoms with Gasteiger partial charge in [0, 0.05) is 0 Å². The number of carbonyl (C=O) groups excluding carboxylic acids is 2. The Labute approximate surface area is 171 Å². The quantitative estimate of drug-likeness (QED) is 0.588. The summed E-state index contributed by atoms with van der Waals surface area (Å²) in [5, 5.41) is 0. The predicted molar refractivity (Wildman–Crippen MR) is 114 cm³/mol. The van der Waals surface area contributed by atoms with Gasteiger partial charge in [0.15, 0.2) is 0 Å². The standard InChI is InChI=1S/C26H23NO2/c28-25-23-21(18-10-4-1-5-11-18)16-17-22(19-12-6-2-7-13-19)24(23)26(29)27(25)20-14-8-3-9-15-20/h1-15,21-24H,16-17H2/t21-,22-,23-,24-/m1/s1. The molecule has 144 valence electrons. The van der Waals surface area contributed by atoms with Crippen LogP contribution in [0.15, 0.2) is 91.0 Å². The molecule has 1 heterocycles. The molecule has 2 amide bonds. The lowest BCUT2D eigenvalue weighted by Gasteiger charge is -2.37. The third kappa shape index (κ3) is 2.98. The Morgan fingerprint density at radius 1 is 0.552 bits per heavy atom. The van der Waals surface area contributed by atoms with Crippen molar-refractivity contribution in [1.82, 2.24) is 0 Å². The van der Waals surface area contributed by atoms with Gasteiger partial charge in [0.1, 0.15) is 0 Å². The summed E-state index contributed by atoms with van der Waals surface area (Å²) in [5.74, 6) is -0.591. The first-order valence-corrected chi connectivity index (χ1v) is 10.3. The zero-order chi connectivity index (χ0) is 19.8. The maximum Gasteiger partial charge on any atom is 0.238 e. The van der Waals surface area contributed by atoms with Crippen LogP contribution in [0.5, 0.6) is 0 Å². The molecule has 0 spiro atoms. The second-order valence-corrected chi connectivity index (χ2v) is 8.01. The van der Waals surface area contributed by atoms with Gasteiger partial charge in [0.25, 0.3) is 0 Å². The van der Waals surface area contributed by atoms with Crippen molar-refractivity contribution in [1.29, 1.82) is 0 Å². The summed E-state index contributed by atoms with van der Waals surface area (Å²) in [5.41, 5.74) is 2.99. The lowest BCUT2D eigenvalue weighted by molar-refractivity contribution is -0.122. The second-order valence-electron chi connectivity index (χ2n) is 8.01. The maximum atomic E-state index is 13.6. The van der Waals surface area contributed by atoms with Gasteiger partial charge in [-0.25, -0.2) is 0 Å². The van der Waals surface area contributed by atoms with Crippen molar-refractivity contribution >= 4 is 17.5 Å². The topological polar surface area (TPSA) is 37.4 Å². The highest BCUT2D eigenvalue weighted by molar-refractivity contribution is 6.22. The third-order valence-electron chi connectivity index (χ3n) is 6.52. The molecular weight excluding hydrogens is 358 g/mol. The fraction of sp³-hybridized carbons (Fsp3) is 0.231. The minimum absolute atomic E-state index is 0.0549. The first kappa shape index (κ1) is 17.9. The largest absolute Gasteiger partial charge is 0.274 e. The fourth-order valence-corrected chi connectivity index (χ4v) is 5.26. The summed E-state index contributed by atoms with van der Waals surface area (Å²) in [4.78, 5) is 28.7. The second kappa shape index (κ2) is 7.32. The van der Waals surface area contributed by atoms with E-state index in [1.165, 1.54) is 4.90 Å². The van der Waals surface area contributed by atoms with Gasteiger partial charge in [-0.3, -0.25) is 14.5 Å². The normalized spacial score (nSPS) is 26.4. The summed E-state index contributed by atoms with van der Waals surface area (Å²) >= 11 is 0. The van der Waals surface area contributed by atoms with E-state index < -0.39 is 0 Å². The van der Waals surface area contributed by atoms with Crippen LogP contribution in [0.1, 0.15) is 35.8 Å². The smallest absolute Gasteiger partial charge is 0.238 e. The summed E-state index contributed by atoms with van der Waals surface area (Å²) in [6, 6.07) is 29.8. The van der Waals surface area contributed by atoms with E-state index in [2.05, 4.69) is 24.3 Å². The van der Waals surface area contributed by atoms with Gasteiger partial charge in [-0.05, 0) is 47.9 Å². The predicted octanol–water partition coefficient (Wildman–Crippen LogP) is 5.15. The van der Waals surface area contributed by atoms with Crippen LogP contribution in [0.25, 0.3) is 0 Å². The Morgan fingerprint density at radius 3 is 1.34 bits per heavy atom. The highest BCUT2D eigenvalue weighted by Crippen LogP contribution is 2.53. The Bertz CT molecular complexity index is 951. The average molecular weight is 381 g/mol. The van der Waals surface area contributed by atoms with Crippen molar-refractivity contribution in [3.63, 3.8) is 0 Å². The molecule has 1 aliphatic carbocycles. The molecule has 0 N–H and O–H groups in total. The summed E-state index contributed by atoms with van der Waals surface area (Å²) in [6.07, 6.45) is 1.82. The molecule has 0 bridgehead atoms. The first-order chi connectivity index (χ1) is 14.3. The number of imide groups is 1. The Balaban J connectivity index is 1.60. The molecule has 2 aliphatic rings. The van der Waals surface area contributed by atoms with Crippen LogP contribution in [0.2, 0.25) is 0 Å². The van der Waals surface area contributed by atoms with Gasteiger partial charge in [0.05, 0.1) is 17.5 Å². The molecule has 3 nitrogen and oxygen atoms in total. The molecule has 2 fully saturated rings. The summed E-state index contributed by atoms with van der Waals surface area (Å²) < 4.78 is 0. The number of amides is 2. The van der Waals surface area contributed by atoms with Gasteiger partial charge >= 0.3 is 0 Å². The maximum absolute atomic E-state index is 13.6.